The van der Waals surface area contributed by atoms with Crippen molar-refractivity contribution in [3.63, 3.8) is 0 Å². The predicted molar refractivity (Wildman–Crippen MR) is 115 cm³/mol. The molecule has 0 aromatic carbocycles. The highest BCUT2D eigenvalue weighted by atomic mass is 16.5. The molecule has 0 spiro atoms. The summed E-state index contributed by atoms with van der Waals surface area (Å²) in [4.78, 5) is 11.7. The first-order valence-corrected chi connectivity index (χ1v) is 12.0. The number of hydrogen-bond acceptors (Lipinski definition) is 2. The van der Waals surface area contributed by atoms with Gasteiger partial charge in [-0.15, -0.1) is 0 Å². The van der Waals surface area contributed by atoms with E-state index in [1.807, 2.05) is 0 Å². The van der Waals surface area contributed by atoms with Gasteiger partial charge in [-0.05, 0) is 12.8 Å². The molecule has 0 atom stereocenters. The van der Waals surface area contributed by atoms with E-state index in [0.29, 0.717) is 13.0 Å². The van der Waals surface area contributed by atoms with Crippen LogP contribution in [0.1, 0.15) is 142 Å². The summed E-state index contributed by atoms with van der Waals surface area (Å²) in [6.45, 7) is 5.15. The summed E-state index contributed by atoms with van der Waals surface area (Å²) in [6.07, 6.45) is 25.5. The lowest BCUT2D eigenvalue weighted by Crippen LogP contribution is -2.05. The molecule has 0 saturated heterocycles. The monoisotopic (exact) mass is 368 g/mol. The van der Waals surface area contributed by atoms with Crippen LogP contribution in [0.2, 0.25) is 0 Å². The summed E-state index contributed by atoms with van der Waals surface area (Å²) in [7, 11) is 0. The highest BCUT2D eigenvalue weighted by Gasteiger charge is 2.02. The third kappa shape index (κ3) is 21.5. The van der Waals surface area contributed by atoms with Crippen LogP contribution in [0.15, 0.2) is 0 Å². The first kappa shape index (κ1) is 25.5. The molecule has 0 N–H and O–H groups in total. The average Bonchev–Trinajstić information content (AvgIpc) is 2.64. The Balaban J connectivity index is 3.12. The minimum absolute atomic E-state index is 0.0154. The van der Waals surface area contributed by atoms with Crippen LogP contribution in [0.25, 0.3) is 0 Å². The van der Waals surface area contributed by atoms with Gasteiger partial charge in [-0.1, -0.05) is 123 Å². The van der Waals surface area contributed by atoms with Gasteiger partial charge in [0.1, 0.15) is 0 Å². The molecule has 0 amide bonds. The van der Waals surface area contributed by atoms with Crippen LogP contribution in [0.3, 0.4) is 0 Å². The van der Waals surface area contributed by atoms with E-state index >= 15 is 0 Å². The quantitative estimate of drug-likeness (QED) is 0.150. The molecule has 0 aliphatic rings. The maximum absolute atomic E-state index is 11.7. The minimum Gasteiger partial charge on any atom is -0.466 e. The zero-order valence-electron chi connectivity index (χ0n) is 18.2. The molecule has 0 fully saturated rings. The Kier molecular flexibility index (Phi) is 22.1. The predicted octanol–water partition coefficient (Wildman–Crippen LogP) is 8.37. The van der Waals surface area contributed by atoms with Gasteiger partial charge in [-0.25, -0.2) is 0 Å². The van der Waals surface area contributed by atoms with Crippen molar-refractivity contribution in [2.24, 2.45) is 0 Å². The molecule has 0 rings (SSSR count). The molecule has 0 saturated carbocycles. The van der Waals surface area contributed by atoms with Gasteiger partial charge in [0.15, 0.2) is 0 Å². The lowest BCUT2D eigenvalue weighted by Gasteiger charge is -2.05. The van der Waals surface area contributed by atoms with E-state index in [4.69, 9.17) is 4.74 Å². The number of carbonyl (C=O) groups is 1. The fourth-order valence-corrected chi connectivity index (χ4v) is 3.43. The molecule has 0 unspecified atom stereocenters. The Hall–Kier alpha value is -0.530. The summed E-state index contributed by atoms with van der Waals surface area (Å²) in [6, 6.07) is 0. The average molecular weight is 369 g/mol. The highest BCUT2D eigenvalue weighted by molar-refractivity contribution is 5.69. The van der Waals surface area contributed by atoms with Crippen molar-refractivity contribution in [3.05, 3.63) is 0 Å². The summed E-state index contributed by atoms with van der Waals surface area (Å²) >= 11 is 0. The van der Waals surface area contributed by atoms with Crippen LogP contribution in [0.5, 0.6) is 0 Å². The Bertz CT molecular complexity index is 275. The van der Waals surface area contributed by atoms with Crippen molar-refractivity contribution in [1.29, 1.82) is 0 Å². The van der Waals surface area contributed by atoms with E-state index < -0.39 is 0 Å². The van der Waals surface area contributed by atoms with Gasteiger partial charge < -0.3 is 4.74 Å². The van der Waals surface area contributed by atoms with Crippen LogP contribution in [0.4, 0.5) is 0 Å². The van der Waals surface area contributed by atoms with Gasteiger partial charge in [0.05, 0.1) is 6.61 Å². The third-order valence-electron chi connectivity index (χ3n) is 5.25. The van der Waals surface area contributed by atoms with Gasteiger partial charge in [0.2, 0.25) is 0 Å². The molecule has 26 heavy (non-hydrogen) atoms. The highest BCUT2D eigenvalue weighted by Crippen LogP contribution is 2.12. The maximum atomic E-state index is 11.7. The number of carbonyl (C=O) groups excluding carboxylic acids is 1. The van der Waals surface area contributed by atoms with Crippen molar-refractivity contribution in [3.8, 4) is 0 Å². The van der Waals surface area contributed by atoms with Crippen molar-refractivity contribution >= 4 is 5.97 Å². The number of esters is 1. The Labute approximate surface area is 164 Å². The first-order chi connectivity index (χ1) is 12.8. The summed E-state index contributed by atoms with van der Waals surface area (Å²) < 4.78 is 5.34. The van der Waals surface area contributed by atoms with E-state index in [1.165, 1.54) is 109 Å². The zero-order valence-corrected chi connectivity index (χ0v) is 18.2. The van der Waals surface area contributed by atoms with E-state index in [9.17, 15) is 4.79 Å². The standard InChI is InChI=1S/C24H48O2/c1-3-5-7-9-11-12-13-14-15-17-19-21-23-26-24(25)22-20-18-16-10-8-6-4-2/h3-23H2,1-2H3. The second kappa shape index (κ2) is 22.5. The Morgan fingerprint density at radius 1 is 0.500 bits per heavy atom. The van der Waals surface area contributed by atoms with E-state index in [-0.39, 0.29) is 5.97 Å². The molecule has 0 radical (unpaired) electrons. The largest absolute Gasteiger partial charge is 0.466 e. The minimum atomic E-state index is 0.0154. The topological polar surface area (TPSA) is 26.3 Å². The second-order valence-electron chi connectivity index (χ2n) is 7.98. The lowest BCUT2D eigenvalue weighted by molar-refractivity contribution is -0.143. The fraction of sp³-hybridized carbons (Fsp3) is 0.958. The van der Waals surface area contributed by atoms with E-state index in [1.54, 1.807) is 0 Å². The molecule has 0 aromatic heterocycles. The Morgan fingerprint density at radius 3 is 1.27 bits per heavy atom. The first-order valence-electron chi connectivity index (χ1n) is 12.0. The normalized spacial score (nSPS) is 11.0. The van der Waals surface area contributed by atoms with Gasteiger partial charge >= 0.3 is 5.97 Å². The summed E-state index contributed by atoms with van der Waals surface area (Å²) in [5.74, 6) is 0.0154. The molecular formula is C24H48O2. The van der Waals surface area contributed by atoms with Gasteiger partial charge in [-0.2, -0.15) is 0 Å². The van der Waals surface area contributed by atoms with Crippen LogP contribution < -0.4 is 0 Å². The molecule has 0 aliphatic heterocycles. The van der Waals surface area contributed by atoms with Crippen molar-refractivity contribution in [2.45, 2.75) is 142 Å². The van der Waals surface area contributed by atoms with Gasteiger partial charge in [-0.3, -0.25) is 4.79 Å². The van der Waals surface area contributed by atoms with Crippen molar-refractivity contribution in [2.75, 3.05) is 6.61 Å². The van der Waals surface area contributed by atoms with E-state index in [0.717, 1.165) is 12.8 Å². The van der Waals surface area contributed by atoms with E-state index in [2.05, 4.69) is 13.8 Å². The fourth-order valence-electron chi connectivity index (χ4n) is 3.43. The molecule has 0 aliphatic carbocycles. The smallest absolute Gasteiger partial charge is 0.305 e. The van der Waals surface area contributed by atoms with Crippen molar-refractivity contribution < 1.29 is 9.53 Å². The molecule has 0 bridgehead atoms. The number of rotatable bonds is 21. The van der Waals surface area contributed by atoms with Crippen LogP contribution in [-0.2, 0) is 9.53 Å². The molecule has 0 aromatic rings. The van der Waals surface area contributed by atoms with Crippen molar-refractivity contribution in [1.82, 2.24) is 0 Å². The SMILES string of the molecule is CCCCCCCCCCCCCCOC(=O)CCCCCCCCC. The summed E-state index contributed by atoms with van der Waals surface area (Å²) in [5.41, 5.74) is 0. The Morgan fingerprint density at radius 2 is 0.846 bits per heavy atom. The molecular weight excluding hydrogens is 320 g/mol. The molecule has 2 heteroatoms. The zero-order chi connectivity index (χ0) is 19.1. The van der Waals surface area contributed by atoms with Gasteiger partial charge in [0.25, 0.3) is 0 Å². The maximum Gasteiger partial charge on any atom is 0.305 e. The number of ether oxygens (including phenoxy) is 1. The number of unbranched alkanes of at least 4 members (excludes halogenated alkanes) is 17. The molecule has 2 nitrogen and oxygen atoms in total. The summed E-state index contributed by atoms with van der Waals surface area (Å²) in [5, 5.41) is 0. The lowest BCUT2D eigenvalue weighted by atomic mass is 10.1. The van der Waals surface area contributed by atoms with Crippen LogP contribution in [-0.4, -0.2) is 12.6 Å². The third-order valence-corrected chi connectivity index (χ3v) is 5.25. The molecule has 0 heterocycles. The molecule has 156 valence electrons. The van der Waals surface area contributed by atoms with Gasteiger partial charge in [0, 0.05) is 6.42 Å². The van der Waals surface area contributed by atoms with Crippen LogP contribution >= 0.6 is 0 Å². The second-order valence-corrected chi connectivity index (χ2v) is 7.98. The van der Waals surface area contributed by atoms with Crippen LogP contribution in [0, 0.1) is 0 Å². The number of hydrogen-bond donors (Lipinski definition) is 0.